The van der Waals surface area contributed by atoms with Crippen molar-refractivity contribution in [2.75, 3.05) is 0 Å². The predicted molar refractivity (Wildman–Crippen MR) is 64.4 cm³/mol. The summed E-state index contributed by atoms with van der Waals surface area (Å²) in [4.78, 5) is 11.8. The average Bonchev–Trinajstić information content (AvgIpc) is 1.94. The van der Waals surface area contributed by atoms with Gasteiger partial charge in [-0.05, 0) is 0 Å². The summed E-state index contributed by atoms with van der Waals surface area (Å²) in [5, 5.41) is 0. The van der Waals surface area contributed by atoms with Gasteiger partial charge in [0.1, 0.15) is 0 Å². The van der Waals surface area contributed by atoms with Crippen LogP contribution in [0.3, 0.4) is 0 Å². The molecule has 0 aliphatic rings. The molecule has 0 N–H and O–H groups in total. The molecule has 0 unspecified atom stereocenters. The van der Waals surface area contributed by atoms with Crippen molar-refractivity contribution in [3.63, 3.8) is 0 Å². The van der Waals surface area contributed by atoms with Crippen LogP contribution in [0.25, 0.3) is 0 Å². The zero-order valence-electron chi connectivity index (χ0n) is 8.90. The zero-order valence-corrected chi connectivity index (χ0v) is 13.3. The van der Waals surface area contributed by atoms with Crippen LogP contribution in [-0.2, 0) is 0 Å². The number of nitrogens with zero attached hydrogens (tertiary/aromatic N) is 1. The zero-order chi connectivity index (χ0) is 10.2. The molecule has 0 amide bonds. The second kappa shape index (κ2) is 3.89. The monoisotopic (exact) mass is 349 g/mol. The summed E-state index contributed by atoms with van der Waals surface area (Å²) in [6.07, 6.45) is 0. The molecule has 0 saturated heterocycles. The molecule has 0 aliphatic heterocycles. The van der Waals surface area contributed by atoms with Crippen LogP contribution < -0.4 is 3.71 Å². The van der Waals surface area contributed by atoms with Crippen LogP contribution in [0, 0.1) is 13.8 Å². The van der Waals surface area contributed by atoms with Crippen LogP contribution in [0.4, 0.5) is 0 Å². The number of pyridine rings is 1. The van der Waals surface area contributed by atoms with Gasteiger partial charge in [-0.15, -0.1) is 0 Å². The van der Waals surface area contributed by atoms with Crippen molar-refractivity contribution >= 4 is 38.0 Å². The van der Waals surface area contributed by atoms with E-state index in [1.165, 1.54) is 14.8 Å². The van der Waals surface area contributed by atoms with E-state index in [-0.39, 0.29) is 0 Å². The van der Waals surface area contributed by atoms with Gasteiger partial charge in [0.25, 0.3) is 0 Å². The maximum absolute atomic E-state index is 4.65. The Balaban J connectivity index is 3.32. The van der Waals surface area contributed by atoms with E-state index >= 15 is 0 Å². The first-order valence-electron chi connectivity index (χ1n) is 4.46. The Bertz CT molecular complexity index is 328. The van der Waals surface area contributed by atoms with E-state index in [9.17, 15) is 0 Å². The molecule has 1 aromatic rings. The predicted octanol–water partition coefficient (Wildman–Crippen LogP) is 3.01. The summed E-state index contributed by atoms with van der Waals surface area (Å²) in [6, 6.07) is 2.23. The fraction of sp³-hybridized carbons (Fsp3) is 0.500. The summed E-state index contributed by atoms with van der Waals surface area (Å²) >= 11 is 1.51. The SMILES string of the molecule is Cc1cc(C)[c]([Sn]([CH3])([CH3])[CH3])nc1Br. The molecule has 0 spiro atoms. The van der Waals surface area contributed by atoms with Crippen molar-refractivity contribution in [1.29, 1.82) is 0 Å². The molecule has 1 rings (SSSR count). The van der Waals surface area contributed by atoms with E-state index < -0.39 is 18.4 Å². The Morgan fingerprint density at radius 2 is 1.69 bits per heavy atom. The summed E-state index contributed by atoms with van der Waals surface area (Å²) in [6.45, 7) is 4.26. The fourth-order valence-corrected chi connectivity index (χ4v) is 7.10. The van der Waals surface area contributed by atoms with Gasteiger partial charge in [0.15, 0.2) is 0 Å². The maximum atomic E-state index is 4.65. The first-order valence-corrected chi connectivity index (χ1v) is 15.2. The summed E-state index contributed by atoms with van der Waals surface area (Å²) in [5.74, 6) is 0. The van der Waals surface area contributed by atoms with Gasteiger partial charge < -0.3 is 0 Å². The first-order chi connectivity index (χ1) is 5.82. The molecule has 0 radical (unpaired) electrons. The van der Waals surface area contributed by atoms with E-state index in [1.54, 1.807) is 0 Å². The van der Waals surface area contributed by atoms with Gasteiger partial charge in [-0.25, -0.2) is 0 Å². The second-order valence-corrected chi connectivity index (χ2v) is 19.5. The number of rotatable bonds is 1. The third-order valence-electron chi connectivity index (χ3n) is 2.05. The van der Waals surface area contributed by atoms with Crippen molar-refractivity contribution < 1.29 is 0 Å². The topological polar surface area (TPSA) is 12.9 Å². The number of aryl methyl sites for hydroxylation is 2. The second-order valence-electron chi connectivity index (χ2n) is 4.51. The standard InChI is InChI=1S/C7H7BrN.3CH3.Sn/c1-5-3-6(2)7(8)9-4-5;;;;/h3H,1-2H3;3*1H3;. The third kappa shape index (κ3) is 2.69. The van der Waals surface area contributed by atoms with Crippen LogP contribution in [0.1, 0.15) is 11.1 Å². The molecule has 0 bridgehead atoms. The summed E-state index contributed by atoms with van der Waals surface area (Å²) < 4.78 is 2.39. The fourth-order valence-electron chi connectivity index (χ4n) is 1.49. The summed E-state index contributed by atoms with van der Waals surface area (Å²) in [7, 11) is 0. The number of halogens is 1. The van der Waals surface area contributed by atoms with Crippen LogP contribution >= 0.6 is 15.9 Å². The molecular formula is C10H16BrNSn. The number of hydrogen-bond acceptors (Lipinski definition) is 1. The van der Waals surface area contributed by atoms with Crippen LogP contribution in [-0.4, -0.2) is 23.4 Å². The Labute approximate surface area is 93.0 Å². The van der Waals surface area contributed by atoms with Crippen molar-refractivity contribution in [3.05, 3.63) is 21.8 Å². The average molecular weight is 349 g/mol. The molecule has 13 heavy (non-hydrogen) atoms. The van der Waals surface area contributed by atoms with Gasteiger partial charge in [-0.1, -0.05) is 0 Å². The Kier molecular flexibility index (Phi) is 3.44. The third-order valence-corrected chi connectivity index (χ3v) is 8.35. The normalized spacial score (nSPS) is 11.8. The number of hydrogen-bond donors (Lipinski definition) is 0. The Morgan fingerprint density at radius 3 is 2.15 bits per heavy atom. The van der Waals surface area contributed by atoms with Crippen LogP contribution in [0.15, 0.2) is 10.7 Å². The molecule has 1 aromatic heterocycles. The quantitative estimate of drug-likeness (QED) is 0.561. The van der Waals surface area contributed by atoms with Gasteiger partial charge in [-0.2, -0.15) is 0 Å². The van der Waals surface area contributed by atoms with Crippen LogP contribution in [0.2, 0.25) is 14.8 Å². The minimum atomic E-state index is -1.99. The van der Waals surface area contributed by atoms with Crippen molar-refractivity contribution in [2.24, 2.45) is 0 Å². The van der Waals surface area contributed by atoms with Crippen LogP contribution in [0.5, 0.6) is 0 Å². The Morgan fingerprint density at radius 1 is 1.15 bits per heavy atom. The van der Waals surface area contributed by atoms with Gasteiger partial charge in [0.2, 0.25) is 0 Å². The van der Waals surface area contributed by atoms with E-state index in [4.69, 9.17) is 0 Å². The van der Waals surface area contributed by atoms with E-state index in [0.29, 0.717) is 0 Å². The molecule has 1 nitrogen and oxygen atoms in total. The van der Waals surface area contributed by atoms with Gasteiger partial charge >= 0.3 is 93.5 Å². The van der Waals surface area contributed by atoms with E-state index in [2.05, 4.69) is 55.6 Å². The van der Waals surface area contributed by atoms with Gasteiger partial charge in [0.05, 0.1) is 0 Å². The number of aromatic nitrogens is 1. The minimum absolute atomic E-state index is 1.01. The van der Waals surface area contributed by atoms with Gasteiger partial charge in [-0.3, -0.25) is 0 Å². The molecule has 3 heteroatoms. The molecule has 0 atom stereocenters. The molecule has 0 saturated carbocycles. The van der Waals surface area contributed by atoms with Crippen molar-refractivity contribution in [2.45, 2.75) is 28.7 Å². The molecule has 0 aliphatic carbocycles. The molecule has 0 fully saturated rings. The summed E-state index contributed by atoms with van der Waals surface area (Å²) in [5.41, 5.74) is 2.60. The molecule has 1 heterocycles. The molecular weight excluding hydrogens is 333 g/mol. The first kappa shape index (κ1) is 11.5. The van der Waals surface area contributed by atoms with E-state index in [1.807, 2.05) is 0 Å². The van der Waals surface area contributed by atoms with Gasteiger partial charge in [0, 0.05) is 0 Å². The molecule has 72 valence electrons. The Hall–Kier alpha value is 0.429. The van der Waals surface area contributed by atoms with Crippen molar-refractivity contribution in [3.8, 4) is 0 Å². The van der Waals surface area contributed by atoms with E-state index in [0.717, 1.165) is 4.60 Å². The molecule has 0 aromatic carbocycles. The van der Waals surface area contributed by atoms with Crippen molar-refractivity contribution in [1.82, 2.24) is 4.98 Å².